The summed E-state index contributed by atoms with van der Waals surface area (Å²) in [6, 6.07) is 88.4. The first kappa shape index (κ1) is 38.6. The van der Waals surface area contributed by atoms with Crippen LogP contribution in [0.25, 0.3) is 114 Å². The number of anilines is 3. The Labute approximate surface area is 396 Å². The Balaban J connectivity index is 1.08. The van der Waals surface area contributed by atoms with E-state index in [0.29, 0.717) is 0 Å². The first-order chi connectivity index (χ1) is 33.7. The van der Waals surface area contributed by atoms with Gasteiger partial charge in [-0.2, -0.15) is 0 Å². The Bertz CT molecular complexity index is 4250. The van der Waals surface area contributed by atoms with Crippen molar-refractivity contribution in [2.24, 2.45) is 0 Å². The van der Waals surface area contributed by atoms with Crippen LogP contribution in [0.15, 0.2) is 247 Å². The van der Waals surface area contributed by atoms with Crippen molar-refractivity contribution in [2.75, 3.05) is 4.90 Å². The fourth-order valence-corrected chi connectivity index (χ4v) is 11.8. The maximum atomic E-state index is 7.14. The van der Waals surface area contributed by atoms with E-state index in [0.717, 1.165) is 83.5 Å². The van der Waals surface area contributed by atoms with Gasteiger partial charge >= 0.3 is 0 Å². The van der Waals surface area contributed by atoms with Gasteiger partial charge in [0, 0.05) is 58.5 Å². The summed E-state index contributed by atoms with van der Waals surface area (Å²) < 4.78 is 12.2. The maximum Gasteiger partial charge on any atom is 0.145 e. The van der Waals surface area contributed by atoms with Crippen LogP contribution in [0, 0.1) is 0 Å². The van der Waals surface area contributed by atoms with Gasteiger partial charge in [-0.15, -0.1) is 11.3 Å². The highest BCUT2D eigenvalue weighted by molar-refractivity contribution is 7.25. The Kier molecular flexibility index (Phi) is 8.76. The molecule has 0 radical (unpaired) electrons. The lowest BCUT2D eigenvalue weighted by Gasteiger charge is -2.31. The molecule has 4 heteroatoms. The summed E-state index contributed by atoms with van der Waals surface area (Å²) in [5.41, 5.74) is 14.9. The number of para-hydroxylation sites is 5. The van der Waals surface area contributed by atoms with E-state index in [-0.39, 0.29) is 0 Å². The molecule has 3 aromatic heterocycles. The highest BCUT2D eigenvalue weighted by Crippen LogP contribution is 2.51. The summed E-state index contributed by atoms with van der Waals surface area (Å²) in [7, 11) is 0. The van der Waals surface area contributed by atoms with Gasteiger partial charge in [-0.3, -0.25) is 0 Å². The number of aromatic nitrogens is 1. The van der Waals surface area contributed by atoms with Gasteiger partial charge in [-0.1, -0.05) is 164 Å². The second kappa shape index (κ2) is 15.5. The highest BCUT2D eigenvalue weighted by atomic mass is 32.1. The fourth-order valence-electron chi connectivity index (χ4n) is 10.7. The van der Waals surface area contributed by atoms with E-state index in [9.17, 15) is 0 Å². The molecule has 0 atom stereocenters. The molecule has 68 heavy (non-hydrogen) atoms. The van der Waals surface area contributed by atoms with Crippen molar-refractivity contribution in [2.45, 2.75) is 0 Å². The first-order valence-electron chi connectivity index (χ1n) is 23.2. The fraction of sp³-hybridized carbons (Fsp3) is 0. The van der Waals surface area contributed by atoms with Crippen molar-refractivity contribution in [3.63, 3.8) is 0 Å². The maximum absolute atomic E-state index is 7.14. The summed E-state index contributed by atoms with van der Waals surface area (Å²) in [4.78, 5) is 2.47. The number of furan rings is 1. The van der Waals surface area contributed by atoms with E-state index in [1.54, 1.807) is 0 Å². The Hall–Kier alpha value is -8.70. The summed E-state index contributed by atoms with van der Waals surface area (Å²) >= 11 is 1.85. The molecule has 0 bridgehead atoms. The molecule has 0 aliphatic rings. The van der Waals surface area contributed by atoms with Crippen LogP contribution < -0.4 is 4.90 Å². The normalized spacial score (nSPS) is 11.8. The number of nitrogens with zero attached hydrogens (tertiary/aromatic N) is 2. The Morgan fingerprint density at radius 2 is 1.01 bits per heavy atom. The summed E-state index contributed by atoms with van der Waals surface area (Å²) in [5.74, 6) is 0. The van der Waals surface area contributed by atoms with Gasteiger partial charge < -0.3 is 13.9 Å². The monoisotopic (exact) mass is 884 g/mol. The lowest BCUT2D eigenvalue weighted by atomic mass is 9.95. The molecule has 14 aromatic rings. The van der Waals surface area contributed by atoms with Crippen LogP contribution in [0.2, 0.25) is 0 Å². The van der Waals surface area contributed by atoms with E-state index in [2.05, 4.69) is 252 Å². The molecular formula is C64H40N2OS. The third kappa shape index (κ3) is 6.05. The minimum atomic E-state index is 0.844. The van der Waals surface area contributed by atoms with E-state index in [4.69, 9.17) is 4.42 Å². The van der Waals surface area contributed by atoms with Crippen LogP contribution in [0.3, 0.4) is 0 Å². The van der Waals surface area contributed by atoms with Gasteiger partial charge in [-0.25, -0.2) is 0 Å². The van der Waals surface area contributed by atoms with Gasteiger partial charge in [0.1, 0.15) is 11.2 Å². The van der Waals surface area contributed by atoms with Gasteiger partial charge in [0.2, 0.25) is 0 Å². The van der Waals surface area contributed by atoms with Crippen LogP contribution in [-0.4, -0.2) is 4.57 Å². The average molecular weight is 885 g/mol. The zero-order valence-corrected chi connectivity index (χ0v) is 37.6. The smallest absolute Gasteiger partial charge is 0.145 e. The molecule has 0 aliphatic heterocycles. The molecule has 3 heterocycles. The third-order valence-corrected chi connectivity index (χ3v) is 14.9. The minimum Gasteiger partial charge on any atom is -0.455 e. The largest absolute Gasteiger partial charge is 0.455 e. The third-order valence-electron chi connectivity index (χ3n) is 13.8. The van der Waals surface area contributed by atoms with Crippen LogP contribution >= 0.6 is 11.3 Å². The summed E-state index contributed by atoms with van der Waals surface area (Å²) in [5, 5.41) is 9.60. The van der Waals surface area contributed by atoms with Gasteiger partial charge in [0.05, 0.1) is 33.7 Å². The van der Waals surface area contributed by atoms with Crippen molar-refractivity contribution in [1.82, 2.24) is 4.57 Å². The number of fused-ring (bicyclic) bond motifs is 10. The van der Waals surface area contributed by atoms with E-state index in [1.807, 2.05) is 11.3 Å². The van der Waals surface area contributed by atoms with Crippen LogP contribution in [0.5, 0.6) is 0 Å². The SMILES string of the molecule is c1cc(-c2ccc3ccccc3c2)cc(N(c2ccccc2-c2ccc3sc4ccccc4c3c2)c2ccc3c(oc4ccccc43)c2-c2ccccc2-n2c3ccccc3c3ccccc32)c1. The van der Waals surface area contributed by atoms with Crippen LogP contribution in [-0.2, 0) is 0 Å². The molecule has 318 valence electrons. The molecule has 0 saturated carbocycles. The standard InChI is InChI=1S/C64H40N2OS/c1-2-17-42-38-44(33-32-41(42)16-1)43-18-15-19-46(39-43)65(55-26-9-3-20-47(55)45-34-37-62-54(40-45)51-24-8-14-31-61(51)68-62)59-36-35-52-50-23-7-13-30-60(50)67-64(52)63(59)53-25-6-12-29-58(53)66-56-27-10-4-21-48(56)49-22-5-11-28-57(49)66/h1-40H. The summed E-state index contributed by atoms with van der Waals surface area (Å²) in [6.07, 6.45) is 0. The first-order valence-corrected chi connectivity index (χ1v) is 24.0. The second-order valence-corrected chi connectivity index (χ2v) is 18.7. The van der Waals surface area contributed by atoms with Gasteiger partial charge in [0.25, 0.3) is 0 Å². The molecule has 0 saturated heterocycles. The van der Waals surface area contributed by atoms with Crippen molar-refractivity contribution in [3.05, 3.63) is 243 Å². The van der Waals surface area contributed by atoms with Crippen molar-refractivity contribution >= 4 is 103 Å². The van der Waals surface area contributed by atoms with E-state index >= 15 is 0 Å². The number of thiophene rings is 1. The molecule has 0 unspecified atom stereocenters. The molecule has 0 spiro atoms. The molecule has 0 aliphatic carbocycles. The van der Waals surface area contributed by atoms with Gasteiger partial charge in [0.15, 0.2) is 0 Å². The molecule has 0 N–H and O–H groups in total. The lowest BCUT2D eigenvalue weighted by Crippen LogP contribution is -2.13. The summed E-state index contributed by atoms with van der Waals surface area (Å²) in [6.45, 7) is 0. The molecule has 3 nitrogen and oxygen atoms in total. The van der Waals surface area contributed by atoms with Crippen molar-refractivity contribution < 1.29 is 4.42 Å². The number of rotatable bonds is 7. The zero-order chi connectivity index (χ0) is 44.7. The second-order valence-electron chi connectivity index (χ2n) is 17.6. The van der Waals surface area contributed by atoms with Crippen molar-refractivity contribution in [3.8, 4) is 39.1 Å². The molecular weight excluding hydrogens is 845 g/mol. The average Bonchev–Trinajstić information content (AvgIpc) is 4.08. The topological polar surface area (TPSA) is 21.3 Å². The predicted molar refractivity (Wildman–Crippen MR) is 289 cm³/mol. The van der Waals surface area contributed by atoms with Gasteiger partial charge in [-0.05, 0) is 106 Å². The lowest BCUT2D eigenvalue weighted by molar-refractivity contribution is 0.670. The quantitative estimate of drug-likeness (QED) is 0.159. The molecule has 11 aromatic carbocycles. The zero-order valence-electron chi connectivity index (χ0n) is 36.8. The van der Waals surface area contributed by atoms with Crippen LogP contribution in [0.4, 0.5) is 17.1 Å². The Morgan fingerprint density at radius 1 is 0.368 bits per heavy atom. The predicted octanol–water partition coefficient (Wildman–Crippen LogP) is 18.7. The van der Waals surface area contributed by atoms with E-state index < -0.39 is 0 Å². The molecule has 0 amide bonds. The highest BCUT2D eigenvalue weighted by Gasteiger charge is 2.27. The Morgan fingerprint density at radius 3 is 1.87 bits per heavy atom. The minimum absolute atomic E-state index is 0.844. The number of hydrogen-bond acceptors (Lipinski definition) is 3. The number of benzene rings is 11. The molecule has 0 fully saturated rings. The molecule has 14 rings (SSSR count). The van der Waals surface area contributed by atoms with Crippen molar-refractivity contribution in [1.29, 1.82) is 0 Å². The van der Waals surface area contributed by atoms with Crippen LogP contribution in [0.1, 0.15) is 0 Å². The van der Waals surface area contributed by atoms with E-state index in [1.165, 1.54) is 47.3 Å². The number of hydrogen-bond donors (Lipinski definition) is 0.